The standard InChI is InChI=1S/C25H20N2O2/c1-14-8-9-16(12-15(14)2)26-20-10-11-21-23-19(13-22(28)27(21)3)17-6-4-5-7-18(17)25(29)24(20)23/h4-13,26H,1-3H3. The average Bonchev–Trinajstić information content (AvgIpc) is 2.72. The van der Waals surface area contributed by atoms with E-state index >= 15 is 0 Å². The summed E-state index contributed by atoms with van der Waals surface area (Å²) in [6.07, 6.45) is 0. The molecule has 0 saturated heterocycles. The number of benzene rings is 3. The predicted molar refractivity (Wildman–Crippen MR) is 117 cm³/mol. The van der Waals surface area contributed by atoms with Gasteiger partial charge in [-0.3, -0.25) is 9.59 Å². The molecule has 1 heterocycles. The third kappa shape index (κ3) is 2.53. The molecule has 0 saturated carbocycles. The molecule has 4 aromatic rings. The lowest BCUT2D eigenvalue weighted by molar-refractivity contribution is 0.104. The molecule has 1 aliphatic carbocycles. The van der Waals surface area contributed by atoms with Crippen LogP contribution in [0.25, 0.3) is 22.0 Å². The van der Waals surface area contributed by atoms with Crippen LogP contribution in [-0.4, -0.2) is 10.4 Å². The molecule has 0 fully saturated rings. The number of hydrogen-bond acceptors (Lipinski definition) is 3. The van der Waals surface area contributed by atoms with Gasteiger partial charge in [0.1, 0.15) is 0 Å². The molecule has 4 heteroatoms. The van der Waals surface area contributed by atoms with Gasteiger partial charge in [0.05, 0.1) is 16.8 Å². The lowest BCUT2D eigenvalue weighted by atomic mass is 9.83. The second-order valence-corrected chi connectivity index (χ2v) is 7.64. The van der Waals surface area contributed by atoms with Crippen LogP contribution in [0.1, 0.15) is 27.0 Å². The molecule has 3 aromatic carbocycles. The molecule has 4 nitrogen and oxygen atoms in total. The molecule has 0 atom stereocenters. The normalized spacial score (nSPS) is 12.2. The molecule has 142 valence electrons. The number of aromatic nitrogens is 1. The molecular weight excluding hydrogens is 360 g/mol. The third-order valence-corrected chi connectivity index (χ3v) is 5.89. The molecule has 1 aliphatic rings. The molecule has 5 rings (SSSR count). The van der Waals surface area contributed by atoms with Crippen molar-refractivity contribution in [3.63, 3.8) is 0 Å². The van der Waals surface area contributed by atoms with Crippen LogP contribution in [0.4, 0.5) is 11.4 Å². The summed E-state index contributed by atoms with van der Waals surface area (Å²) in [5.41, 5.74) is 7.64. The first kappa shape index (κ1) is 17.4. The van der Waals surface area contributed by atoms with Gasteiger partial charge in [0.25, 0.3) is 5.56 Å². The smallest absolute Gasteiger partial charge is 0.251 e. The average molecular weight is 380 g/mol. The SMILES string of the molecule is Cc1ccc(Nc2ccc3c4c(cc(=O)n3C)-c3ccccc3C(=O)c24)cc1C. The molecule has 1 aromatic heterocycles. The van der Waals surface area contributed by atoms with E-state index in [1.54, 1.807) is 17.7 Å². The number of nitrogens with one attached hydrogen (secondary N) is 1. The second kappa shape index (κ2) is 6.17. The van der Waals surface area contributed by atoms with E-state index in [1.165, 1.54) is 11.1 Å². The Morgan fingerprint density at radius 2 is 1.55 bits per heavy atom. The van der Waals surface area contributed by atoms with Crippen molar-refractivity contribution in [3.8, 4) is 11.1 Å². The van der Waals surface area contributed by atoms with Crippen LogP contribution in [-0.2, 0) is 7.05 Å². The van der Waals surface area contributed by atoms with Crippen molar-refractivity contribution >= 4 is 28.1 Å². The third-order valence-electron chi connectivity index (χ3n) is 5.89. The zero-order valence-corrected chi connectivity index (χ0v) is 16.5. The van der Waals surface area contributed by atoms with E-state index < -0.39 is 0 Å². The van der Waals surface area contributed by atoms with E-state index in [1.807, 2.05) is 42.5 Å². The number of ketones is 1. The number of fused-ring (bicyclic) bond motifs is 2. The first-order chi connectivity index (χ1) is 14.0. The number of pyridine rings is 1. The van der Waals surface area contributed by atoms with Crippen LogP contribution in [0.2, 0.25) is 0 Å². The van der Waals surface area contributed by atoms with Gasteiger partial charge in [-0.15, -0.1) is 0 Å². The number of aryl methyl sites for hydroxylation is 3. The van der Waals surface area contributed by atoms with Gasteiger partial charge in [-0.1, -0.05) is 30.3 Å². The Kier molecular flexibility index (Phi) is 3.71. The van der Waals surface area contributed by atoms with Crippen molar-refractivity contribution in [2.45, 2.75) is 13.8 Å². The van der Waals surface area contributed by atoms with Gasteiger partial charge in [-0.2, -0.15) is 0 Å². The molecule has 0 amide bonds. The second-order valence-electron chi connectivity index (χ2n) is 7.64. The van der Waals surface area contributed by atoms with Crippen LogP contribution in [0.15, 0.2) is 65.5 Å². The van der Waals surface area contributed by atoms with Crippen LogP contribution in [0.5, 0.6) is 0 Å². The summed E-state index contributed by atoms with van der Waals surface area (Å²) in [6.45, 7) is 4.15. The topological polar surface area (TPSA) is 51.1 Å². The molecule has 0 bridgehead atoms. The first-order valence-corrected chi connectivity index (χ1v) is 9.61. The van der Waals surface area contributed by atoms with E-state index in [0.29, 0.717) is 11.1 Å². The van der Waals surface area contributed by atoms with Gasteiger partial charge >= 0.3 is 0 Å². The Morgan fingerprint density at radius 1 is 0.793 bits per heavy atom. The Bertz CT molecular complexity index is 1400. The monoisotopic (exact) mass is 380 g/mol. The fraction of sp³-hybridized carbons (Fsp3) is 0.120. The number of carbonyl (C=O) groups is 1. The largest absolute Gasteiger partial charge is 0.355 e. The highest BCUT2D eigenvalue weighted by Crippen LogP contribution is 2.41. The molecule has 0 spiro atoms. The maximum Gasteiger partial charge on any atom is 0.251 e. The number of hydrogen-bond donors (Lipinski definition) is 1. The van der Waals surface area contributed by atoms with Crippen LogP contribution in [0, 0.1) is 13.8 Å². The zero-order valence-electron chi connectivity index (χ0n) is 16.5. The molecular formula is C25H20N2O2. The van der Waals surface area contributed by atoms with Crippen molar-refractivity contribution < 1.29 is 4.79 Å². The van der Waals surface area contributed by atoms with Gasteiger partial charge in [0, 0.05) is 29.8 Å². The van der Waals surface area contributed by atoms with Gasteiger partial charge in [-0.05, 0) is 60.4 Å². The van der Waals surface area contributed by atoms with Gasteiger partial charge < -0.3 is 9.88 Å². The highest BCUT2D eigenvalue weighted by Gasteiger charge is 2.28. The number of rotatable bonds is 2. The number of carbonyl (C=O) groups excluding carboxylic acids is 1. The molecule has 0 radical (unpaired) electrons. The van der Waals surface area contributed by atoms with Gasteiger partial charge in [0.15, 0.2) is 5.78 Å². The molecule has 0 unspecified atom stereocenters. The quantitative estimate of drug-likeness (QED) is 0.463. The summed E-state index contributed by atoms with van der Waals surface area (Å²) in [4.78, 5) is 26.0. The van der Waals surface area contributed by atoms with Gasteiger partial charge in [-0.25, -0.2) is 0 Å². The summed E-state index contributed by atoms with van der Waals surface area (Å²) < 4.78 is 1.60. The Morgan fingerprint density at radius 3 is 2.31 bits per heavy atom. The van der Waals surface area contributed by atoms with Crippen molar-refractivity contribution in [2.24, 2.45) is 7.05 Å². The summed E-state index contributed by atoms with van der Waals surface area (Å²) >= 11 is 0. The fourth-order valence-corrected chi connectivity index (χ4v) is 4.13. The lowest BCUT2D eigenvalue weighted by Gasteiger charge is -2.23. The number of nitrogens with zero attached hydrogens (tertiary/aromatic N) is 1. The minimum atomic E-state index is -0.0857. The van der Waals surface area contributed by atoms with E-state index in [9.17, 15) is 9.59 Å². The predicted octanol–water partition coefficient (Wildman–Crippen LogP) is 5.11. The zero-order chi connectivity index (χ0) is 20.3. The number of anilines is 2. The van der Waals surface area contributed by atoms with E-state index in [-0.39, 0.29) is 11.3 Å². The summed E-state index contributed by atoms with van der Waals surface area (Å²) in [5.74, 6) is -0.0244. The highest BCUT2D eigenvalue weighted by atomic mass is 16.1. The van der Waals surface area contributed by atoms with Crippen LogP contribution in [0.3, 0.4) is 0 Å². The molecule has 0 aliphatic heterocycles. The van der Waals surface area contributed by atoms with E-state index in [2.05, 4.69) is 31.3 Å². The van der Waals surface area contributed by atoms with Crippen LogP contribution < -0.4 is 10.9 Å². The minimum Gasteiger partial charge on any atom is -0.355 e. The first-order valence-electron chi connectivity index (χ1n) is 9.61. The molecule has 1 N–H and O–H groups in total. The summed E-state index contributed by atoms with van der Waals surface area (Å²) in [6, 6.07) is 19.1. The maximum absolute atomic E-state index is 13.5. The molecule has 29 heavy (non-hydrogen) atoms. The van der Waals surface area contributed by atoms with Crippen molar-refractivity contribution in [2.75, 3.05) is 5.32 Å². The van der Waals surface area contributed by atoms with E-state index in [0.717, 1.165) is 33.4 Å². The van der Waals surface area contributed by atoms with E-state index in [4.69, 9.17) is 0 Å². The van der Waals surface area contributed by atoms with Crippen molar-refractivity contribution in [1.82, 2.24) is 4.57 Å². The Labute approximate surface area is 168 Å². The Hall–Kier alpha value is -3.66. The fourth-order valence-electron chi connectivity index (χ4n) is 4.13. The van der Waals surface area contributed by atoms with Crippen molar-refractivity contribution in [3.05, 3.63) is 93.3 Å². The Balaban J connectivity index is 1.83. The summed E-state index contributed by atoms with van der Waals surface area (Å²) in [7, 11) is 1.74. The van der Waals surface area contributed by atoms with Crippen LogP contribution >= 0.6 is 0 Å². The minimum absolute atomic E-state index is 0.0244. The maximum atomic E-state index is 13.5. The lowest BCUT2D eigenvalue weighted by Crippen LogP contribution is -2.21. The van der Waals surface area contributed by atoms with Crippen molar-refractivity contribution in [1.29, 1.82) is 0 Å². The summed E-state index contributed by atoms with van der Waals surface area (Å²) in [5, 5.41) is 4.26. The highest BCUT2D eigenvalue weighted by molar-refractivity contribution is 6.28. The van der Waals surface area contributed by atoms with Gasteiger partial charge in [0.2, 0.25) is 0 Å².